The molecule has 4 rings (SSSR count). The molecule has 4 nitrogen and oxygen atoms in total. The monoisotopic (exact) mass is 426 g/mol. The van der Waals surface area contributed by atoms with Gasteiger partial charge in [-0.25, -0.2) is 0 Å². The highest BCUT2D eigenvalue weighted by molar-refractivity contribution is 6.00. The molecule has 1 fully saturated rings. The van der Waals surface area contributed by atoms with Crippen molar-refractivity contribution in [2.45, 2.75) is 45.1 Å². The van der Waals surface area contributed by atoms with Gasteiger partial charge in [0.05, 0.1) is 5.92 Å². The molecule has 1 aliphatic rings. The third-order valence-electron chi connectivity index (χ3n) is 6.32. The molecular formula is C28H30N2O2. The van der Waals surface area contributed by atoms with Crippen molar-refractivity contribution in [3.05, 3.63) is 101 Å². The summed E-state index contributed by atoms with van der Waals surface area (Å²) in [5, 5.41) is 3.10. The Kier molecular flexibility index (Phi) is 6.69. The maximum absolute atomic E-state index is 13.4. The van der Waals surface area contributed by atoms with Crippen LogP contribution in [0, 0.1) is 6.92 Å². The molecule has 2 amide bonds. The maximum atomic E-state index is 13.4. The molecule has 0 aliphatic carbocycles. The van der Waals surface area contributed by atoms with Gasteiger partial charge >= 0.3 is 0 Å². The predicted molar refractivity (Wildman–Crippen MR) is 129 cm³/mol. The second-order valence-electron chi connectivity index (χ2n) is 8.62. The lowest BCUT2D eigenvalue weighted by molar-refractivity contribution is -0.116. The molecule has 4 heteroatoms. The van der Waals surface area contributed by atoms with E-state index in [1.54, 1.807) is 0 Å². The zero-order valence-electron chi connectivity index (χ0n) is 18.8. The van der Waals surface area contributed by atoms with E-state index < -0.39 is 5.92 Å². The SMILES string of the molecule is Cc1cc(C(=O)N2CCCCC2C)ccc1NC(=O)C(c1ccccc1)c1ccccc1. The van der Waals surface area contributed by atoms with Crippen LogP contribution in [0.4, 0.5) is 5.69 Å². The highest BCUT2D eigenvalue weighted by Crippen LogP contribution is 2.28. The van der Waals surface area contributed by atoms with Crippen LogP contribution in [0.25, 0.3) is 0 Å². The number of hydrogen-bond acceptors (Lipinski definition) is 2. The lowest BCUT2D eigenvalue weighted by Gasteiger charge is -2.33. The Labute approximate surface area is 190 Å². The number of piperidine rings is 1. The number of carbonyl (C=O) groups is 2. The van der Waals surface area contributed by atoms with E-state index in [0.29, 0.717) is 5.56 Å². The first-order valence-electron chi connectivity index (χ1n) is 11.4. The summed E-state index contributed by atoms with van der Waals surface area (Å²) < 4.78 is 0. The predicted octanol–water partition coefficient (Wildman–Crippen LogP) is 5.78. The second kappa shape index (κ2) is 9.82. The van der Waals surface area contributed by atoms with Gasteiger partial charge in [0.15, 0.2) is 0 Å². The van der Waals surface area contributed by atoms with Crippen LogP contribution < -0.4 is 5.32 Å². The van der Waals surface area contributed by atoms with E-state index in [1.165, 1.54) is 6.42 Å². The van der Waals surface area contributed by atoms with E-state index in [9.17, 15) is 9.59 Å². The third kappa shape index (κ3) is 4.75. The molecule has 164 valence electrons. The maximum Gasteiger partial charge on any atom is 0.254 e. The average molecular weight is 427 g/mol. The quantitative estimate of drug-likeness (QED) is 0.562. The number of rotatable bonds is 5. The number of nitrogens with one attached hydrogen (secondary N) is 1. The number of nitrogens with zero attached hydrogens (tertiary/aromatic N) is 1. The summed E-state index contributed by atoms with van der Waals surface area (Å²) in [4.78, 5) is 28.4. The number of anilines is 1. The van der Waals surface area contributed by atoms with Gasteiger partial charge in [0.2, 0.25) is 5.91 Å². The van der Waals surface area contributed by atoms with Crippen molar-refractivity contribution >= 4 is 17.5 Å². The number of amides is 2. The van der Waals surface area contributed by atoms with Gasteiger partial charge in [0.1, 0.15) is 0 Å². The van der Waals surface area contributed by atoms with Crippen LogP contribution in [0.2, 0.25) is 0 Å². The minimum Gasteiger partial charge on any atom is -0.336 e. The Balaban J connectivity index is 1.56. The standard InChI is InChI=1S/C28H30N2O2/c1-20-19-24(28(32)30-18-10-9-11-21(30)2)16-17-25(20)29-27(31)26(22-12-5-3-6-13-22)23-14-7-4-8-15-23/h3-8,12-17,19,21,26H,9-11,18H2,1-2H3,(H,29,31). The summed E-state index contributed by atoms with van der Waals surface area (Å²) in [6, 6.07) is 25.4. The van der Waals surface area contributed by atoms with Gasteiger partial charge in [-0.1, -0.05) is 60.7 Å². The van der Waals surface area contributed by atoms with Crippen molar-refractivity contribution in [2.24, 2.45) is 0 Å². The van der Waals surface area contributed by atoms with Crippen molar-refractivity contribution in [2.75, 3.05) is 11.9 Å². The first-order valence-corrected chi connectivity index (χ1v) is 11.4. The molecule has 1 saturated heterocycles. The Bertz CT molecular complexity index is 1040. The van der Waals surface area contributed by atoms with Crippen LogP contribution >= 0.6 is 0 Å². The molecule has 0 radical (unpaired) electrons. The summed E-state index contributed by atoms with van der Waals surface area (Å²) in [7, 11) is 0. The molecule has 1 unspecified atom stereocenters. The van der Waals surface area contributed by atoms with Gasteiger partial charge in [-0.2, -0.15) is 0 Å². The second-order valence-corrected chi connectivity index (χ2v) is 8.62. The van der Waals surface area contributed by atoms with E-state index in [-0.39, 0.29) is 17.9 Å². The summed E-state index contributed by atoms with van der Waals surface area (Å²) in [6.07, 6.45) is 3.29. The number of hydrogen-bond donors (Lipinski definition) is 1. The highest BCUT2D eigenvalue weighted by Gasteiger charge is 2.26. The zero-order chi connectivity index (χ0) is 22.5. The van der Waals surface area contributed by atoms with Gasteiger partial charge in [-0.15, -0.1) is 0 Å². The summed E-state index contributed by atoms with van der Waals surface area (Å²) in [6.45, 7) is 4.87. The third-order valence-corrected chi connectivity index (χ3v) is 6.32. The highest BCUT2D eigenvalue weighted by atomic mass is 16.2. The van der Waals surface area contributed by atoms with Gasteiger partial charge in [0, 0.05) is 23.8 Å². The molecule has 0 bridgehead atoms. The fraction of sp³-hybridized carbons (Fsp3) is 0.286. The molecule has 1 aliphatic heterocycles. The van der Waals surface area contributed by atoms with Crippen molar-refractivity contribution in [1.29, 1.82) is 0 Å². The Hall–Kier alpha value is -3.40. The number of likely N-dealkylation sites (tertiary alicyclic amines) is 1. The first kappa shape index (κ1) is 21.8. The number of aryl methyl sites for hydroxylation is 1. The van der Waals surface area contributed by atoms with E-state index in [0.717, 1.165) is 41.8 Å². The first-order chi connectivity index (χ1) is 15.5. The van der Waals surface area contributed by atoms with E-state index in [2.05, 4.69) is 12.2 Å². The van der Waals surface area contributed by atoms with Crippen LogP contribution in [0.15, 0.2) is 78.9 Å². The molecule has 1 heterocycles. The van der Waals surface area contributed by atoms with Crippen molar-refractivity contribution in [1.82, 2.24) is 4.90 Å². The smallest absolute Gasteiger partial charge is 0.254 e. The molecule has 3 aromatic carbocycles. The lowest BCUT2D eigenvalue weighted by atomic mass is 9.90. The van der Waals surface area contributed by atoms with Crippen LogP contribution in [0.3, 0.4) is 0 Å². The van der Waals surface area contributed by atoms with Crippen LogP contribution in [-0.4, -0.2) is 29.3 Å². The van der Waals surface area contributed by atoms with E-state index in [1.807, 2.05) is 90.7 Å². The molecule has 0 saturated carbocycles. The topological polar surface area (TPSA) is 49.4 Å². The van der Waals surface area contributed by atoms with E-state index in [4.69, 9.17) is 0 Å². The van der Waals surface area contributed by atoms with Crippen molar-refractivity contribution in [3.63, 3.8) is 0 Å². The fourth-order valence-corrected chi connectivity index (χ4v) is 4.49. The molecule has 3 aromatic rings. The van der Waals surface area contributed by atoms with Crippen molar-refractivity contribution in [3.8, 4) is 0 Å². The van der Waals surface area contributed by atoms with Crippen molar-refractivity contribution < 1.29 is 9.59 Å². The number of carbonyl (C=O) groups excluding carboxylic acids is 2. The van der Waals surface area contributed by atoms with Gasteiger partial charge in [0.25, 0.3) is 5.91 Å². The van der Waals surface area contributed by atoms with Gasteiger partial charge < -0.3 is 10.2 Å². The largest absolute Gasteiger partial charge is 0.336 e. The van der Waals surface area contributed by atoms with Crippen LogP contribution in [0.1, 0.15) is 59.2 Å². The molecule has 32 heavy (non-hydrogen) atoms. The molecule has 0 aromatic heterocycles. The lowest BCUT2D eigenvalue weighted by Crippen LogP contribution is -2.42. The molecular weight excluding hydrogens is 396 g/mol. The summed E-state index contributed by atoms with van der Waals surface area (Å²) in [5.74, 6) is -0.425. The van der Waals surface area contributed by atoms with E-state index >= 15 is 0 Å². The number of benzene rings is 3. The summed E-state index contributed by atoms with van der Waals surface area (Å²) >= 11 is 0. The van der Waals surface area contributed by atoms with Crippen LogP contribution in [-0.2, 0) is 4.79 Å². The molecule has 1 N–H and O–H groups in total. The minimum absolute atomic E-state index is 0.0737. The molecule has 0 spiro atoms. The molecule has 1 atom stereocenters. The average Bonchev–Trinajstić information content (AvgIpc) is 2.82. The zero-order valence-corrected chi connectivity index (χ0v) is 18.8. The minimum atomic E-state index is -0.410. The van der Waals surface area contributed by atoms with Gasteiger partial charge in [-0.3, -0.25) is 9.59 Å². The Morgan fingerprint density at radius 2 is 1.53 bits per heavy atom. The summed E-state index contributed by atoms with van der Waals surface area (Å²) in [5.41, 5.74) is 4.18. The normalized spacial score (nSPS) is 16.1. The van der Waals surface area contributed by atoms with Crippen LogP contribution in [0.5, 0.6) is 0 Å². The Morgan fingerprint density at radius 3 is 2.09 bits per heavy atom. The Morgan fingerprint density at radius 1 is 0.906 bits per heavy atom. The fourth-order valence-electron chi connectivity index (χ4n) is 4.49. The van der Waals surface area contributed by atoms with Gasteiger partial charge in [-0.05, 0) is 68.0 Å².